The van der Waals surface area contributed by atoms with Crippen LogP contribution in [0, 0.1) is 11.6 Å². The standard InChI is InChI=1S/C38H39F2N9O4S/c1-54(52,53)49-16-13-24-3-2-4-31(34(24)49)43-36-28-11-14-41-35(28)45-38(46-36)42-25-6-9-32(30(40)22-25)48-19-17-47(18-20-48)15-12-23-5-7-26(29(39)21-23)27-8-10-33(50)44-37(27)51/h2-7,9,11,14,21-22,27H,8,10,12-13,15-20H2,1H3,(H,44,50,51)(H3,41,42,43,45,46). The topological polar surface area (TPSA) is 156 Å². The molecule has 4 N–H and O–H groups in total. The molecule has 0 spiro atoms. The van der Waals surface area contributed by atoms with Gasteiger partial charge in [0.25, 0.3) is 0 Å². The van der Waals surface area contributed by atoms with Crippen LogP contribution >= 0.6 is 0 Å². The van der Waals surface area contributed by atoms with Gasteiger partial charge in [0.1, 0.15) is 23.1 Å². The molecule has 13 nitrogen and oxygen atoms in total. The number of halogens is 2. The zero-order valence-electron chi connectivity index (χ0n) is 29.5. The van der Waals surface area contributed by atoms with E-state index in [1.54, 1.807) is 24.4 Å². The molecule has 0 aliphatic carbocycles. The monoisotopic (exact) mass is 755 g/mol. The molecule has 0 bridgehead atoms. The van der Waals surface area contributed by atoms with Crippen LogP contribution < -0.4 is 25.2 Å². The highest BCUT2D eigenvalue weighted by molar-refractivity contribution is 7.92. The second-order valence-corrected chi connectivity index (χ2v) is 15.8. The van der Waals surface area contributed by atoms with E-state index in [4.69, 9.17) is 4.98 Å². The van der Waals surface area contributed by atoms with Crippen LogP contribution in [-0.2, 0) is 32.5 Å². The zero-order chi connectivity index (χ0) is 37.6. The number of carbonyl (C=O) groups excluding carboxylic acids is 2. The fourth-order valence-corrected chi connectivity index (χ4v) is 8.51. The highest BCUT2D eigenvalue weighted by Gasteiger charge is 2.31. The quantitative estimate of drug-likeness (QED) is 0.144. The Morgan fingerprint density at radius 1 is 0.907 bits per heavy atom. The number of aromatic amines is 1. The molecule has 2 amide bonds. The van der Waals surface area contributed by atoms with Gasteiger partial charge in [0.2, 0.25) is 27.8 Å². The Labute approximate surface area is 310 Å². The first-order valence-corrected chi connectivity index (χ1v) is 19.7. The van der Waals surface area contributed by atoms with E-state index in [0.717, 1.165) is 11.1 Å². The van der Waals surface area contributed by atoms with Crippen molar-refractivity contribution >= 4 is 67.4 Å². The number of H-pyrrole nitrogens is 1. The highest BCUT2D eigenvalue weighted by atomic mass is 32.2. The summed E-state index contributed by atoms with van der Waals surface area (Å²) in [6.45, 7) is 3.74. The third-order valence-electron chi connectivity index (χ3n) is 10.3. The lowest BCUT2D eigenvalue weighted by Crippen LogP contribution is -2.47. The van der Waals surface area contributed by atoms with Gasteiger partial charge in [-0.15, -0.1) is 0 Å². The Kier molecular flexibility index (Phi) is 9.39. The molecular weight excluding hydrogens is 717 g/mol. The zero-order valence-corrected chi connectivity index (χ0v) is 30.3. The van der Waals surface area contributed by atoms with Crippen molar-refractivity contribution in [2.75, 3.05) is 65.4 Å². The van der Waals surface area contributed by atoms with E-state index in [1.807, 2.05) is 35.2 Å². The molecule has 16 heteroatoms. The van der Waals surface area contributed by atoms with Crippen LogP contribution in [0.1, 0.15) is 35.4 Å². The number of piperidine rings is 1. The van der Waals surface area contributed by atoms with Crippen molar-refractivity contribution in [2.45, 2.75) is 31.6 Å². The third-order valence-corrected chi connectivity index (χ3v) is 11.5. The molecule has 5 heterocycles. The minimum Gasteiger partial charge on any atom is -0.367 e. The number of imide groups is 1. The van der Waals surface area contributed by atoms with E-state index >= 15 is 4.39 Å². The lowest BCUT2D eigenvalue weighted by Gasteiger charge is -2.36. The molecule has 8 rings (SSSR count). The van der Waals surface area contributed by atoms with Crippen molar-refractivity contribution in [1.82, 2.24) is 25.2 Å². The van der Waals surface area contributed by atoms with Crippen molar-refractivity contribution < 1.29 is 26.8 Å². The molecule has 3 aromatic carbocycles. The van der Waals surface area contributed by atoms with Gasteiger partial charge < -0.3 is 20.5 Å². The number of piperazine rings is 1. The molecule has 2 aromatic heterocycles. The van der Waals surface area contributed by atoms with Gasteiger partial charge in [0.05, 0.1) is 34.6 Å². The summed E-state index contributed by atoms with van der Waals surface area (Å²) in [5.74, 6) is -1.58. The predicted octanol–water partition coefficient (Wildman–Crippen LogP) is 4.93. The number of amides is 2. The number of para-hydroxylation sites is 1. The van der Waals surface area contributed by atoms with Crippen molar-refractivity contribution in [1.29, 1.82) is 0 Å². The van der Waals surface area contributed by atoms with Crippen LogP contribution in [0.2, 0.25) is 0 Å². The molecule has 2 fully saturated rings. The van der Waals surface area contributed by atoms with Gasteiger partial charge in [-0.05, 0) is 66.8 Å². The van der Waals surface area contributed by atoms with Gasteiger partial charge in [-0.25, -0.2) is 17.2 Å². The summed E-state index contributed by atoms with van der Waals surface area (Å²) in [6.07, 6.45) is 4.67. The summed E-state index contributed by atoms with van der Waals surface area (Å²) >= 11 is 0. The average Bonchev–Trinajstić information content (AvgIpc) is 3.80. The molecule has 0 radical (unpaired) electrons. The number of aromatic nitrogens is 3. The second-order valence-electron chi connectivity index (χ2n) is 13.9. The third kappa shape index (κ3) is 7.18. The Morgan fingerprint density at radius 3 is 2.50 bits per heavy atom. The number of benzene rings is 3. The summed E-state index contributed by atoms with van der Waals surface area (Å²) < 4.78 is 57.1. The van der Waals surface area contributed by atoms with Crippen molar-refractivity contribution in [3.05, 3.63) is 95.2 Å². The summed E-state index contributed by atoms with van der Waals surface area (Å²) in [5.41, 5.74) is 4.77. The molecule has 3 aliphatic rings. The summed E-state index contributed by atoms with van der Waals surface area (Å²) in [4.78, 5) is 40.3. The number of hydrogen-bond acceptors (Lipinski definition) is 10. The van der Waals surface area contributed by atoms with Gasteiger partial charge in [0.15, 0.2) is 0 Å². The maximum atomic E-state index is 15.6. The smallest absolute Gasteiger partial charge is 0.234 e. The van der Waals surface area contributed by atoms with Crippen LogP contribution in [-0.4, -0.2) is 85.6 Å². The van der Waals surface area contributed by atoms with Crippen LogP contribution in [0.4, 0.5) is 43.3 Å². The molecule has 280 valence electrons. The number of hydrogen-bond donors (Lipinski definition) is 4. The van der Waals surface area contributed by atoms with E-state index < -0.39 is 27.7 Å². The molecule has 5 aromatic rings. The lowest BCUT2D eigenvalue weighted by molar-refractivity contribution is -0.134. The van der Waals surface area contributed by atoms with E-state index in [1.165, 1.54) is 22.7 Å². The first-order valence-electron chi connectivity index (χ1n) is 17.9. The number of nitrogens with one attached hydrogen (secondary N) is 4. The number of nitrogens with zero attached hydrogens (tertiary/aromatic N) is 5. The van der Waals surface area contributed by atoms with Crippen molar-refractivity contribution in [3.8, 4) is 0 Å². The predicted molar refractivity (Wildman–Crippen MR) is 203 cm³/mol. The Bertz CT molecular complexity index is 2380. The maximum Gasteiger partial charge on any atom is 0.234 e. The summed E-state index contributed by atoms with van der Waals surface area (Å²) in [6, 6.07) is 17.3. The van der Waals surface area contributed by atoms with Crippen molar-refractivity contribution in [3.63, 3.8) is 0 Å². The fourth-order valence-electron chi connectivity index (χ4n) is 7.54. The van der Waals surface area contributed by atoms with Gasteiger partial charge >= 0.3 is 0 Å². The Hall–Kier alpha value is -5.61. The molecule has 3 aliphatic heterocycles. The first-order chi connectivity index (χ1) is 26.0. The largest absolute Gasteiger partial charge is 0.367 e. The number of anilines is 6. The number of rotatable bonds is 10. The maximum absolute atomic E-state index is 15.6. The number of fused-ring (bicyclic) bond motifs is 2. The van der Waals surface area contributed by atoms with E-state index in [-0.39, 0.29) is 24.1 Å². The Balaban J connectivity index is 0.896. The van der Waals surface area contributed by atoms with Gasteiger partial charge in [-0.3, -0.25) is 24.1 Å². The molecule has 2 saturated heterocycles. The summed E-state index contributed by atoms with van der Waals surface area (Å²) in [5, 5.41) is 9.44. The van der Waals surface area contributed by atoms with Crippen LogP contribution in [0.5, 0.6) is 0 Å². The molecule has 1 atom stereocenters. The highest BCUT2D eigenvalue weighted by Crippen LogP contribution is 2.39. The van der Waals surface area contributed by atoms with Crippen LogP contribution in [0.3, 0.4) is 0 Å². The number of sulfonamides is 1. The van der Waals surface area contributed by atoms with Crippen molar-refractivity contribution in [2.24, 2.45) is 0 Å². The molecule has 0 saturated carbocycles. The lowest BCUT2D eigenvalue weighted by atomic mass is 9.89. The Morgan fingerprint density at radius 2 is 1.74 bits per heavy atom. The molecule has 54 heavy (non-hydrogen) atoms. The van der Waals surface area contributed by atoms with Gasteiger partial charge in [-0.2, -0.15) is 9.97 Å². The normalized spacial score (nSPS) is 17.9. The minimum absolute atomic E-state index is 0.197. The van der Waals surface area contributed by atoms with Gasteiger partial charge in [-0.1, -0.05) is 24.3 Å². The van der Waals surface area contributed by atoms with E-state index in [0.29, 0.717) is 104 Å². The first kappa shape index (κ1) is 35.4. The minimum atomic E-state index is -3.48. The molecule has 1 unspecified atom stereocenters. The van der Waals surface area contributed by atoms with Gasteiger partial charge in [0, 0.05) is 63.1 Å². The van der Waals surface area contributed by atoms with E-state index in [9.17, 15) is 22.4 Å². The number of carbonyl (C=O) groups is 2. The average molecular weight is 756 g/mol. The van der Waals surface area contributed by atoms with E-state index in [2.05, 4.69) is 30.8 Å². The second kappa shape index (κ2) is 14.3. The fraction of sp³-hybridized carbons (Fsp3) is 0.316. The van der Waals surface area contributed by atoms with Crippen LogP contribution in [0.25, 0.3) is 11.0 Å². The summed E-state index contributed by atoms with van der Waals surface area (Å²) in [7, 11) is -3.48. The SMILES string of the molecule is CS(=O)(=O)N1CCc2cccc(Nc3nc(Nc4ccc(N5CCN(CCc6ccc(C7CCC(=O)NC7=O)c(F)c6)CC5)c(F)c4)nc4[nH]ccc34)c21. The molecular formula is C38H39F2N9O4S. The van der Waals surface area contributed by atoms with Crippen LogP contribution in [0.15, 0.2) is 66.9 Å².